The van der Waals surface area contributed by atoms with Crippen LogP contribution >= 0.6 is 0 Å². The van der Waals surface area contributed by atoms with Crippen molar-refractivity contribution >= 4 is 29.8 Å². The Labute approximate surface area is 324 Å². The summed E-state index contributed by atoms with van der Waals surface area (Å²) in [5.41, 5.74) is -3.75. The first-order valence-corrected chi connectivity index (χ1v) is 18.5. The molecule has 9 atom stereocenters. The Kier molecular flexibility index (Phi) is 10.3. The summed E-state index contributed by atoms with van der Waals surface area (Å²) >= 11 is 0. The summed E-state index contributed by atoms with van der Waals surface area (Å²) in [7, 11) is 0. The molecule has 1 spiro atoms. The van der Waals surface area contributed by atoms with Crippen molar-refractivity contribution in [2.75, 3.05) is 0 Å². The van der Waals surface area contributed by atoms with Gasteiger partial charge in [0.25, 0.3) is 0 Å². The van der Waals surface area contributed by atoms with Gasteiger partial charge in [0.1, 0.15) is 23.9 Å². The number of carbonyl (C=O) groups is 5. The van der Waals surface area contributed by atoms with Gasteiger partial charge >= 0.3 is 29.8 Å². The van der Waals surface area contributed by atoms with Crippen molar-refractivity contribution in [3.05, 3.63) is 138 Å². The largest absolute Gasteiger partial charge is 0.459 e. The van der Waals surface area contributed by atoms with Crippen molar-refractivity contribution in [1.82, 2.24) is 4.98 Å². The molecule has 2 bridgehead atoms. The Morgan fingerprint density at radius 1 is 0.607 bits per heavy atom. The van der Waals surface area contributed by atoms with Crippen LogP contribution in [0.15, 0.2) is 116 Å². The number of pyridine rings is 1. The predicted octanol–water partition coefficient (Wildman–Crippen LogP) is 6.44. The van der Waals surface area contributed by atoms with Gasteiger partial charge in [0.05, 0.1) is 39.2 Å². The van der Waals surface area contributed by atoms with Gasteiger partial charge in [-0.05, 0) is 81.6 Å². The molecule has 3 aromatic carbocycles. The molecule has 2 saturated carbocycles. The van der Waals surface area contributed by atoms with E-state index in [4.69, 9.17) is 28.4 Å². The van der Waals surface area contributed by atoms with Crippen molar-refractivity contribution in [2.45, 2.75) is 82.8 Å². The maximum atomic E-state index is 14.3. The zero-order chi connectivity index (χ0) is 39.8. The standard InChI is InChI=1S/C44H43NO11/c1-26-24-32(52-38(47)28-16-9-6-10-17-28)35(54-41(50)31-22-15-23-45-25-31)43(5)37(55-40(49)30-20-13-8-14-21-30)34(53-39(48)29-18-11-7-12-19-29)33-36(51-27(2)46)44(26,43)56-42(33,3)4/h6-23,25-26,32-37H,24H2,1-5H3/t26-,32+,33-,34-,35+,36-,37-,43+,44-/m1/s1. The average Bonchev–Trinajstić information content (AvgIpc) is 3.40. The number of hydrogen-bond acceptors (Lipinski definition) is 12. The number of esters is 5. The highest BCUT2D eigenvalue weighted by molar-refractivity contribution is 5.91. The van der Waals surface area contributed by atoms with Crippen LogP contribution in [0.25, 0.3) is 0 Å². The molecule has 290 valence electrons. The number of carbonyl (C=O) groups excluding carboxylic acids is 5. The van der Waals surface area contributed by atoms with E-state index in [-0.39, 0.29) is 28.7 Å². The molecule has 1 aliphatic heterocycles. The van der Waals surface area contributed by atoms with E-state index >= 15 is 0 Å². The minimum atomic E-state index is -1.75. The van der Waals surface area contributed by atoms with Gasteiger partial charge in [-0.1, -0.05) is 61.5 Å². The molecule has 3 aliphatic rings. The van der Waals surface area contributed by atoms with E-state index in [1.165, 1.54) is 25.4 Å². The van der Waals surface area contributed by atoms with Crippen LogP contribution in [0.4, 0.5) is 0 Å². The second kappa shape index (κ2) is 15.0. The molecule has 56 heavy (non-hydrogen) atoms. The third kappa shape index (κ3) is 6.61. The van der Waals surface area contributed by atoms with Gasteiger partial charge in [0.15, 0.2) is 12.2 Å². The molecule has 12 nitrogen and oxygen atoms in total. The lowest BCUT2D eigenvalue weighted by molar-refractivity contribution is -0.310. The van der Waals surface area contributed by atoms with Crippen LogP contribution in [-0.4, -0.2) is 76.6 Å². The van der Waals surface area contributed by atoms with Gasteiger partial charge in [-0.15, -0.1) is 0 Å². The first-order valence-electron chi connectivity index (χ1n) is 18.5. The Hall–Kier alpha value is -5.88. The predicted molar refractivity (Wildman–Crippen MR) is 199 cm³/mol. The lowest BCUT2D eigenvalue weighted by Crippen LogP contribution is -2.79. The highest BCUT2D eigenvalue weighted by Gasteiger charge is 2.84. The van der Waals surface area contributed by atoms with E-state index in [1.807, 2.05) is 6.92 Å². The Bertz CT molecular complexity index is 2090. The van der Waals surface area contributed by atoms with Gasteiger partial charge in [0, 0.05) is 19.3 Å². The Morgan fingerprint density at radius 3 is 1.61 bits per heavy atom. The first-order chi connectivity index (χ1) is 26.8. The molecular formula is C44H43NO11. The number of rotatable bonds is 9. The summed E-state index contributed by atoms with van der Waals surface area (Å²) in [6.45, 7) is 8.40. The van der Waals surface area contributed by atoms with Crippen molar-refractivity contribution in [1.29, 1.82) is 0 Å². The van der Waals surface area contributed by atoms with E-state index < -0.39 is 88.8 Å². The molecule has 0 unspecified atom stereocenters. The van der Waals surface area contributed by atoms with Gasteiger partial charge in [-0.25, -0.2) is 19.2 Å². The topological polar surface area (TPSA) is 154 Å². The molecule has 0 amide bonds. The van der Waals surface area contributed by atoms with Gasteiger partial charge in [0.2, 0.25) is 0 Å². The van der Waals surface area contributed by atoms with Crippen LogP contribution < -0.4 is 0 Å². The average molecular weight is 762 g/mol. The SMILES string of the molecule is CC(=O)O[C@@H]1[C@H]2[C@@H](OC(=O)c3ccccc3)[C@@H](OC(=O)c3ccccc3)[C@]3(C)[C@@H](OC(=O)c4cccnc4)[C@@H](OC(=O)c4ccccc4)C[C@@H](C)[C@@]13OC2(C)C. The van der Waals surface area contributed by atoms with Crippen LogP contribution in [0.2, 0.25) is 0 Å². The summed E-state index contributed by atoms with van der Waals surface area (Å²) in [5.74, 6) is -5.14. The van der Waals surface area contributed by atoms with E-state index in [2.05, 4.69) is 4.98 Å². The highest BCUT2D eigenvalue weighted by atomic mass is 16.6. The number of fused-ring (bicyclic) bond motifs is 1. The molecule has 2 aliphatic carbocycles. The lowest BCUT2D eigenvalue weighted by Gasteiger charge is -2.63. The third-order valence-corrected chi connectivity index (χ3v) is 11.5. The minimum Gasteiger partial charge on any atom is -0.459 e. The maximum absolute atomic E-state index is 14.3. The van der Waals surface area contributed by atoms with E-state index in [0.29, 0.717) is 0 Å². The van der Waals surface area contributed by atoms with Crippen molar-refractivity contribution < 1.29 is 52.4 Å². The fraction of sp³-hybridized carbons (Fsp3) is 0.364. The number of ether oxygens (including phenoxy) is 6. The lowest BCUT2D eigenvalue weighted by atomic mass is 9.47. The smallest absolute Gasteiger partial charge is 0.340 e. The zero-order valence-electron chi connectivity index (χ0n) is 31.7. The summed E-state index contributed by atoms with van der Waals surface area (Å²) in [6.07, 6.45) is -3.61. The summed E-state index contributed by atoms with van der Waals surface area (Å²) in [5, 5.41) is 0. The minimum absolute atomic E-state index is 0.0769. The summed E-state index contributed by atoms with van der Waals surface area (Å²) in [4.78, 5) is 73.6. The Balaban J connectivity index is 1.46. The zero-order valence-corrected chi connectivity index (χ0v) is 31.7. The van der Waals surface area contributed by atoms with Crippen LogP contribution in [0.1, 0.15) is 82.5 Å². The maximum Gasteiger partial charge on any atom is 0.340 e. The van der Waals surface area contributed by atoms with Crippen LogP contribution in [0, 0.1) is 17.3 Å². The molecule has 4 aromatic rings. The van der Waals surface area contributed by atoms with Crippen LogP contribution in [-0.2, 0) is 33.2 Å². The van der Waals surface area contributed by atoms with Gasteiger partial charge in [-0.3, -0.25) is 9.78 Å². The van der Waals surface area contributed by atoms with Crippen molar-refractivity contribution in [3.63, 3.8) is 0 Å². The van der Waals surface area contributed by atoms with Gasteiger partial charge in [-0.2, -0.15) is 0 Å². The monoisotopic (exact) mass is 761 g/mol. The molecule has 0 radical (unpaired) electrons. The number of hydrogen-bond donors (Lipinski definition) is 0. The number of aromatic nitrogens is 1. The first kappa shape index (κ1) is 38.4. The molecule has 12 heteroatoms. The normalized spacial score (nSPS) is 29.8. The summed E-state index contributed by atoms with van der Waals surface area (Å²) < 4.78 is 39.1. The molecule has 1 aromatic heterocycles. The molecule has 0 N–H and O–H groups in total. The fourth-order valence-corrected chi connectivity index (χ4v) is 9.20. The molecular weight excluding hydrogens is 718 g/mol. The van der Waals surface area contributed by atoms with Crippen LogP contribution in [0.5, 0.6) is 0 Å². The second-order valence-electron chi connectivity index (χ2n) is 15.3. The van der Waals surface area contributed by atoms with E-state index in [1.54, 1.807) is 118 Å². The van der Waals surface area contributed by atoms with E-state index in [0.717, 1.165) is 0 Å². The fourth-order valence-electron chi connectivity index (χ4n) is 9.20. The molecule has 3 fully saturated rings. The molecule has 7 rings (SSSR count). The molecule has 1 saturated heterocycles. The third-order valence-electron chi connectivity index (χ3n) is 11.5. The van der Waals surface area contributed by atoms with Crippen molar-refractivity contribution in [2.24, 2.45) is 17.3 Å². The van der Waals surface area contributed by atoms with Gasteiger partial charge < -0.3 is 28.4 Å². The Morgan fingerprint density at radius 2 is 1.09 bits per heavy atom. The number of nitrogens with zero attached hydrogens (tertiary/aromatic N) is 1. The van der Waals surface area contributed by atoms with Crippen molar-refractivity contribution in [3.8, 4) is 0 Å². The molecule has 2 heterocycles. The van der Waals surface area contributed by atoms with E-state index in [9.17, 15) is 24.0 Å². The second-order valence-corrected chi connectivity index (χ2v) is 15.3. The number of benzene rings is 3. The van der Waals surface area contributed by atoms with Crippen LogP contribution in [0.3, 0.4) is 0 Å². The quantitative estimate of drug-likeness (QED) is 0.136. The summed E-state index contributed by atoms with van der Waals surface area (Å²) in [6, 6.07) is 28.0. The highest BCUT2D eigenvalue weighted by Crippen LogP contribution is 2.68.